The molecule has 1 aliphatic rings. The Hall–Kier alpha value is -0.340. The third-order valence-corrected chi connectivity index (χ3v) is 2.65. The van der Waals surface area contributed by atoms with Crippen LogP contribution in [-0.2, 0) is 9.47 Å². The van der Waals surface area contributed by atoms with Crippen molar-refractivity contribution in [2.45, 2.75) is 39.4 Å². The summed E-state index contributed by atoms with van der Waals surface area (Å²) in [6.07, 6.45) is 6.14. The van der Waals surface area contributed by atoms with Crippen LogP contribution in [0.2, 0.25) is 0 Å². The Morgan fingerprint density at radius 1 is 1.38 bits per heavy atom. The quantitative estimate of drug-likeness (QED) is 0.628. The van der Waals surface area contributed by atoms with Crippen LogP contribution in [0.1, 0.15) is 33.6 Å². The predicted molar refractivity (Wildman–Crippen MR) is 53.5 cm³/mol. The van der Waals surface area contributed by atoms with Gasteiger partial charge in [-0.3, -0.25) is 0 Å². The highest BCUT2D eigenvalue weighted by atomic mass is 16.7. The van der Waals surface area contributed by atoms with E-state index in [4.69, 9.17) is 9.47 Å². The number of ether oxygens (including phenoxy) is 2. The Kier molecular flexibility index (Phi) is 3.94. The van der Waals surface area contributed by atoms with Crippen LogP contribution in [0.5, 0.6) is 0 Å². The fourth-order valence-corrected chi connectivity index (χ4v) is 1.81. The van der Waals surface area contributed by atoms with Crippen molar-refractivity contribution in [3.8, 4) is 0 Å². The minimum atomic E-state index is -0.356. The summed E-state index contributed by atoms with van der Waals surface area (Å²) >= 11 is 0. The molecule has 0 aliphatic carbocycles. The van der Waals surface area contributed by atoms with Crippen molar-refractivity contribution in [1.82, 2.24) is 0 Å². The highest BCUT2D eigenvalue weighted by molar-refractivity contribution is 4.92. The van der Waals surface area contributed by atoms with Crippen molar-refractivity contribution in [2.24, 2.45) is 5.92 Å². The van der Waals surface area contributed by atoms with Gasteiger partial charge >= 0.3 is 0 Å². The third-order valence-electron chi connectivity index (χ3n) is 2.65. The van der Waals surface area contributed by atoms with E-state index in [1.54, 1.807) is 0 Å². The third kappa shape index (κ3) is 2.32. The molecule has 13 heavy (non-hydrogen) atoms. The van der Waals surface area contributed by atoms with Gasteiger partial charge in [0.05, 0.1) is 13.2 Å². The molecule has 0 N–H and O–H groups in total. The first kappa shape index (κ1) is 10.7. The molecule has 0 amide bonds. The summed E-state index contributed by atoms with van der Waals surface area (Å²) in [6.45, 7) is 7.95. The lowest BCUT2D eigenvalue weighted by Crippen LogP contribution is -2.45. The average molecular weight is 184 g/mol. The van der Waals surface area contributed by atoms with Crippen LogP contribution in [0.3, 0.4) is 0 Å². The zero-order valence-electron chi connectivity index (χ0n) is 8.88. The van der Waals surface area contributed by atoms with E-state index in [2.05, 4.69) is 26.0 Å². The van der Waals surface area contributed by atoms with Crippen molar-refractivity contribution in [1.29, 1.82) is 0 Å². The van der Waals surface area contributed by atoms with E-state index in [0.29, 0.717) is 5.92 Å². The summed E-state index contributed by atoms with van der Waals surface area (Å²) in [5.41, 5.74) is 0. The Balaban J connectivity index is 2.66. The van der Waals surface area contributed by atoms with E-state index in [-0.39, 0.29) is 5.79 Å². The van der Waals surface area contributed by atoms with Gasteiger partial charge < -0.3 is 9.47 Å². The van der Waals surface area contributed by atoms with Crippen LogP contribution in [0.4, 0.5) is 0 Å². The molecular weight excluding hydrogens is 164 g/mol. The van der Waals surface area contributed by atoms with Gasteiger partial charge in [0, 0.05) is 5.92 Å². The molecule has 2 nitrogen and oxygen atoms in total. The van der Waals surface area contributed by atoms with Gasteiger partial charge in [-0.05, 0) is 19.8 Å². The van der Waals surface area contributed by atoms with Gasteiger partial charge in [0.1, 0.15) is 0 Å². The summed E-state index contributed by atoms with van der Waals surface area (Å²) < 4.78 is 11.5. The van der Waals surface area contributed by atoms with Crippen molar-refractivity contribution in [3.63, 3.8) is 0 Å². The summed E-state index contributed by atoms with van der Waals surface area (Å²) in [4.78, 5) is 0. The lowest BCUT2D eigenvalue weighted by Gasteiger charge is -2.40. The van der Waals surface area contributed by atoms with Gasteiger partial charge in [-0.1, -0.05) is 26.0 Å². The molecular formula is C11H20O2. The van der Waals surface area contributed by atoms with Crippen LogP contribution in [-0.4, -0.2) is 19.0 Å². The van der Waals surface area contributed by atoms with Crippen molar-refractivity contribution >= 4 is 0 Å². The van der Waals surface area contributed by atoms with Crippen LogP contribution >= 0.6 is 0 Å². The Bertz CT molecular complexity index is 169. The molecule has 1 saturated heterocycles. The molecule has 1 rings (SSSR count). The van der Waals surface area contributed by atoms with Crippen molar-refractivity contribution < 1.29 is 9.47 Å². The molecule has 0 aromatic rings. The molecule has 1 heterocycles. The van der Waals surface area contributed by atoms with Crippen LogP contribution in [0.15, 0.2) is 12.2 Å². The van der Waals surface area contributed by atoms with E-state index in [1.807, 2.05) is 6.92 Å². The maximum absolute atomic E-state index is 5.76. The van der Waals surface area contributed by atoms with E-state index in [0.717, 1.165) is 26.1 Å². The van der Waals surface area contributed by atoms with E-state index in [1.165, 1.54) is 0 Å². The fourth-order valence-electron chi connectivity index (χ4n) is 1.81. The first-order chi connectivity index (χ1) is 6.25. The molecule has 1 atom stereocenters. The molecule has 0 aromatic heterocycles. The molecule has 1 unspecified atom stereocenters. The van der Waals surface area contributed by atoms with Crippen LogP contribution in [0, 0.1) is 5.92 Å². The fraction of sp³-hybridized carbons (Fsp3) is 0.818. The first-order valence-corrected chi connectivity index (χ1v) is 5.16. The van der Waals surface area contributed by atoms with Crippen molar-refractivity contribution in [2.75, 3.05) is 13.2 Å². The largest absolute Gasteiger partial charge is 0.349 e. The summed E-state index contributed by atoms with van der Waals surface area (Å²) in [7, 11) is 0. The summed E-state index contributed by atoms with van der Waals surface area (Å²) in [6, 6.07) is 0. The zero-order chi connectivity index (χ0) is 9.73. The normalized spacial score (nSPS) is 24.8. The zero-order valence-corrected chi connectivity index (χ0v) is 8.88. The maximum atomic E-state index is 5.76. The van der Waals surface area contributed by atoms with Gasteiger partial charge in [-0.25, -0.2) is 0 Å². The predicted octanol–water partition coefficient (Wildman–Crippen LogP) is 2.74. The number of hydrogen-bond acceptors (Lipinski definition) is 2. The Labute approximate surface area is 80.9 Å². The smallest absolute Gasteiger partial charge is 0.173 e. The van der Waals surface area contributed by atoms with Gasteiger partial charge in [-0.2, -0.15) is 0 Å². The maximum Gasteiger partial charge on any atom is 0.173 e. The van der Waals surface area contributed by atoms with Gasteiger partial charge in [-0.15, -0.1) is 0 Å². The SMILES string of the molecule is CC=CC(C)C1(CC)OCCCO1. The molecule has 0 aromatic carbocycles. The second-order valence-electron chi connectivity index (χ2n) is 3.53. The van der Waals surface area contributed by atoms with Gasteiger partial charge in [0.2, 0.25) is 0 Å². The minimum absolute atomic E-state index is 0.336. The molecule has 76 valence electrons. The molecule has 1 fully saturated rings. The monoisotopic (exact) mass is 184 g/mol. The van der Waals surface area contributed by atoms with E-state index in [9.17, 15) is 0 Å². The minimum Gasteiger partial charge on any atom is -0.349 e. The lowest BCUT2D eigenvalue weighted by molar-refractivity contribution is -0.285. The standard InChI is InChI=1S/C11H20O2/c1-4-7-10(3)11(5-2)12-8-6-9-13-11/h4,7,10H,5-6,8-9H2,1-3H3. The highest BCUT2D eigenvalue weighted by Crippen LogP contribution is 2.31. The Morgan fingerprint density at radius 2 is 2.00 bits per heavy atom. The Morgan fingerprint density at radius 3 is 2.46 bits per heavy atom. The van der Waals surface area contributed by atoms with Crippen LogP contribution in [0.25, 0.3) is 0 Å². The van der Waals surface area contributed by atoms with E-state index < -0.39 is 0 Å². The summed E-state index contributed by atoms with van der Waals surface area (Å²) in [5, 5.41) is 0. The summed E-state index contributed by atoms with van der Waals surface area (Å²) in [5.74, 6) is -0.0205. The van der Waals surface area contributed by atoms with E-state index >= 15 is 0 Å². The molecule has 1 aliphatic heterocycles. The molecule has 2 heteroatoms. The lowest BCUT2D eigenvalue weighted by atomic mass is 9.96. The molecule has 0 spiro atoms. The molecule has 0 bridgehead atoms. The number of allylic oxidation sites excluding steroid dienone is 1. The topological polar surface area (TPSA) is 18.5 Å². The second kappa shape index (κ2) is 4.77. The number of rotatable bonds is 3. The second-order valence-corrected chi connectivity index (χ2v) is 3.53. The van der Waals surface area contributed by atoms with Gasteiger partial charge in [0.25, 0.3) is 0 Å². The average Bonchev–Trinajstić information content (AvgIpc) is 2.19. The van der Waals surface area contributed by atoms with Crippen molar-refractivity contribution in [3.05, 3.63) is 12.2 Å². The molecule has 0 saturated carbocycles. The highest BCUT2D eigenvalue weighted by Gasteiger charge is 2.37. The molecule has 0 radical (unpaired) electrons. The number of hydrogen-bond donors (Lipinski definition) is 0. The van der Waals surface area contributed by atoms with Gasteiger partial charge in [0.15, 0.2) is 5.79 Å². The first-order valence-electron chi connectivity index (χ1n) is 5.16. The van der Waals surface area contributed by atoms with Crippen LogP contribution < -0.4 is 0 Å².